The normalized spacial score (nSPS) is 18.4. The number of hydrogen-bond donors (Lipinski definition) is 1. The summed E-state index contributed by atoms with van der Waals surface area (Å²) in [7, 11) is 0. The van der Waals surface area contributed by atoms with E-state index < -0.39 is 0 Å². The molecule has 0 heterocycles. The zero-order chi connectivity index (χ0) is 12.8. The Hall–Kier alpha value is -1.02. The van der Waals surface area contributed by atoms with E-state index in [0.29, 0.717) is 0 Å². The quantitative estimate of drug-likeness (QED) is 0.771. The largest absolute Gasteiger partial charge is 0.494 e. The van der Waals surface area contributed by atoms with E-state index in [1.807, 2.05) is 12.1 Å². The van der Waals surface area contributed by atoms with Crippen molar-refractivity contribution in [3.05, 3.63) is 29.3 Å². The highest BCUT2D eigenvalue weighted by atomic mass is 16.5. The van der Waals surface area contributed by atoms with Crippen LogP contribution in [-0.2, 0) is 6.42 Å². The van der Waals surface area contributed by atoms with Crippen LogP contribution in [0.3, 0.4) is 0 Å². The predicted molar refractivity (Wildman–Crippen MR) is 74.0 cm³/mol. The summed E-state index contributed by atoms with van der Waals surface area (Å²) in [5, 5.41) is 9.97. The van der Waals surface area contributed by atoms with Crippen molar-refractivity contribution in [1.82, 2.24) is 0 Å². The van der Waals surface area contributed by atoms with Gasteiger partial charge >= 0.3 is 0 Å². The predicted octanol–water partition coefficient (Wildman–Crippen LogP) is 4.02. The van der Waals surface area contributed by atoms with Gasteiger partial charge in [-0.25, -0.2) is 0 Å². The third-order valence-corrected chi connectivity index (χ3v) is 3.67. The number of hydrogen-bond acceptors (Lipinski definition) is 2. The molecule has 0 radical (unpaired) electrons. The molecule has 0 bridgehead atoms. The molecule has 2 rings (SSSR count). The second kappa shape index (κ2) is 6.79. The standard InChI is InChI=1S/C16H24O2/c1-2-3-4-5-11-18-14-10-9-13-7-6-8-16(17)15(13)12-14/h9-10,12,16-17H,2-8,11H2,1H3. The molecule has 2 heteroatoms. The van der Waals surface area contributed by atoms with Crippen LogP contribution in [0.4, 0.5) is 0 Å². The van der Waals surface area contributed by atoms with Crippen LogP contribution < -0.4 is 4.74 Å². The minimum atomic E-state index is -0.294. The summed E-state index contributed by atoms with van der Waals surface area (Å²) in [6.45, 7) is 3.00. The summed E-state index contributed by atoms with van der Waals surface area (Å²) in [5.74, 6) is 0.909. The molecule has 1 unspecified atom stereocenters. The fourth-order valence-electron chi connectivity index (χ4n) is 2.56. The highest BCUT2D eigenvalue weighted by molar-refractivity contribution is 5.38. The lowest BCUT2D eigenvalue weighted by Gasteiger charge is -2.22. The van der Waals surface area contributed by atoms with E-state index in [0.717, 1.165) is 43.6 Å². The molecule has 0 saturated heterocycles. The molecule has 0 aromatic heterocycles. The molecular weight excluding hydrogens is 224 g/mol. The number of benzene rings is 1. The summed E-state index contributed by atoms with van der Waals surface area (Å²) in [6.07, 6.45) is 7.66. The first-order chi connectivity index (χ1) is 8.81. The van der Waals surface area contributed by atoms with Crippen molar-refractivity contribution in [2.75, 3.05) is 6.61 Å². The summed E-state index contributed by atoms with van der Waals surface area (Å²) < 4.78 is 5.76. The van der Waals surface area contributed by atoms with Gasteiger partial charge in [0.05, 0.1) is 12.7 Å². The molecule has 1 aromatic rings. The average molecular weight is 248 g/mol. The molecule has 0 aliphatic heterocycles. The highest BCUT2D eigenvalue weighted by Gasteiger charge is 2.18. The van der Waals surface area contributed by atoms with Crippen LogP contribution in [0.5, 0.6) is 5.75 Å². The van der Waals surface area contributed by atoms with Crippen LogP contribution in [0.1, 0.15) is 62.7 Å². The lowest BCUT2D eigenvalue weighted by Crippen LogP contribution is -2.09. The summed E-state index contributed by atoms with van der Waals surface area (Å²) in [4.78, 5) is 0. The van der Waals surface area contributed by atoms with Crippen molar-refractivity contribution < 1.29 is 9.84 Å². The van der Waals surface area contributed by atoms with E-state index in [1.54, 1.807) is 0 Å². The van der Waals surface area contributed by atoms with E-state index in [1.165, 1.54) is 24.8 Å². The van der Waals surface area contributed by atoms with Gasteiger partial charge in [0.25, 0.3) is 0 Å². The molecule has 100 valence electrons. The number of ether oxygens (including phenoxy) is 1. The first-order valence-electron chi connectivity index (χ1n) is 7.25. The van der Waals surface area contributed by atoms with Gasteiger partial charge in [-0.2, -0.15) is 0 Å². The van der Waals surface area contributed by atoms with Crippen LogP contribution in [0.2, 0.25) is 0 Å². The van der Waals surface area contributed by atoms with Crippen LogP contribution in [0.15, 0.2) is 18.2 Å². The minimum Gasteiger partial charge on any atom is -0.494 e. The average Bonchev–Trinajstić information content (AvgIpc) is 2.39. The van der Waals surface area contributed by atoms with Gasteiger partial charge in [0, 0.05) is 0 Å². The Kier molecular flexibility index (Phi) is 5.06. The van der Waals surface area contributed by atoms with Gasteiger partial charge in [0.15, 0.2) is 0 Å². The summed E-state index contributed by atoms with van der Waals surface area (Å²) >= 11 is 0. The molecule has 0 amide bonds. The second-order valence-electron chi connectivity index (χ2n) is 5.18. The Morgan fingerprint density at radius 1 is 1.28 bits per heavy atom. The lowest BCUT2D eigenvalue weighted by molar-refractivity contribution is 0.156. The molecule has 1 N–H and O–H groups in total. The molecule has 18 heavy (non-hydrogen) atoms. The van der Waals surface area contributed by atoms with Crippen LogP contribution in [-0.4, -0.2) is 11.7 Å². The first-order valence-corrected chi connectivity index (χ1v) is 7.25. The smallest absolute Gasteiger partial charge is 0.119 e. The monoisotopic (exact) mass is 248 g/mol. The molecule has 1 aliphatic rings. The third kappa shape index (κ3) is 3.49. The highest BCUT2D eigenvalue weighted by Crippen LogP contribution is 2.32. The molecule has 1 aliphatic carbocycles. The zero-order valence-corrected chi connectivity index (χ0v) is 11.3. The van der Waals surface area contributed by atoms with Gasteiger partial charge in [-0.05, 0) is 48.9 Å². The molecular formula is C16H24O2. The molecule has 0 fully saturated rings. The SMILES string of the molecule is CCCCCCOc1ccc2c(c1)C(O)CCC2. The minimum absolute atomic E-state index is 0.294. The van der Waals surface area contributed by atoms with Gasteiger partial charge in [0.2, 0.25) is 0 Å². The van der Waals surface area contributed by atoms with Crippen molar-refractivity contribution in [2.45, 2.75) is 58.0 Å². The fraction of sp³-hybridized carbons (Fsp3) is 0.625. The van der Waals surface area contributed by atoms with Gasteiger partial charge < -0.3 is 9.84 Å². The Morgan fingerprint density at radius 2 is 2.17 bits per heavy atom. The number of aliphatic hydroxyl groups excluding tert-OH is 1. The van der Waals surface area contributed by atoms with Crippen molar-refractivity contribution in [1.29, 1.82) is 0 Å². The molecule has 0 saturated carbocycles. The number of aryl methyl sites for hydroxylation is 1. The number of rotatable bonds is 6. The third-order valence-electron chi connectivity index (χ3n) is 3.67. The van der Waals surface area contributed by atoms with Gasteiger partial charge in [-0.15, -0.1) is 0 Å². The topological polar surface area (TPSA) is 29.5 Å². The van der Waals surface area contributed by atoms with E-state index in [2.05, 4.69) is 13.0 Å². The van der Waals surface area contributed by atoms with Crippen molar-refractivity contribution in [3.63, 3.8) is 0 Å². The summed E-state index contributed by atoms with van der Waals surface area (Å²) in [5.41, 5.74) is 2.36. The van der Waals surface area contributed by atoms with Crippen molar-refractivity contribution >= 4 is 0 Å². The molecule has 2 nitrogen and oxygen atoms in total. The maximum Gasteiger partial charge on any atom is 0.119 e. The van der Waals surface area contributed by atoms with Gasteiger partial charge in [-0.1, -0.05) is 32.3 Å². The molecule has 0 spiro atoms. The molecule has 1 atom stereocenters. The van der Waals surface area contributed by atoms with Crippen LogP contribution in [0, 0.1) is 0 Å². The zero-order valence-electron chi connectivity index (χ0n) is 11.3. The Balaban J connectivity index is 1.88. The van der Waals surface area contributed by atoms with Crippen molar-refractivity contribution in [2.24, 2.45) is 0 Å². The van der Waals surface area contributed by atoms with E-state index in [4.69, 9.17) is 4.74 Å². The van der Waals surface area contributed by atoms with Crippen LogP contribution >= 0.6 is 0 Å². The Bertz CT molecular complexity index is 373. The van der Waals surface area contributed by atoms with E-state index >= 15 is 0 Å². The number of unbranched alkanes of at least 4 members (excludes halogenated alkanes) is 3. The Morgan fingerprint density at radius 3 is 3.00 bits per heavy atom. The van der Waals surface area contributed by atoms with Crippen molar-refractivity contribution in [3.8, 4) is 5.75 Å². The molecule has 1 aromatic carbocycles. The van der Waals surface area contributed by atoms with E-state index in [-0.39, 0.29) is 6.10 Å². The van der Waals surface area contributed by atoms with E-state index in [9.17, 15) is 5.11 Å². The maximum atomic E-state index is 9.97. The van der Waals surface area contributed by atoms with Gasteiger partial charge in [0.1, 0.15) is 5.75 Å². The fourth-order valence-corrected chi connectivity index (χ4v) is 2.56. The second-order valence-corrected chi connectivity index (χ2v) is 5.18. The first kappa shape index (κ1) is 13.4. The number of aliphatic hydroxyl groups is 1. The number of fused-ring (bicyclic) bond motifs is 1. The van der Waals surface area contributed by atoms with Gasteiger partial charge in [-0.3, -0.25) is 0 Å². The van der Waals surface area contributed by atoms with Crippen LogP contribution in [0.25, 0.3) is 0 Å². The summed E-state index contributed by atoms with van der Waals surface area (Å²) in [6, 6.07) is 6.18. The Labute approximate surface area is 110 Å². The lowest BCUT2D eigenvalue weighted by atomic mass is 9.89. The maximum absolute atomic E-state index is 9.97.